The van der Waals surface area contributed by atoms with Crippen molar-refractivity contribution in [3.05, 3.63) is 0 Å². The van der Waals surface area contributed by atoms with Crippen LogP contribution in [-0.2, 0) is 14.3 Å². The van der Waals surface area contributed by atoms with Crippen LogP contribution in [0.2, 0.25) is 0 Å². The van der Waals surface area contributed by atoms with E-state index < -0.39 is 0 Å². The third kappa shape index (κ3) is 2.65. The SMILES string of the molecule is COC(=O)C1CCC(Br)C(OC)N1. The molecule has 3 unspecified atom stereocenters. The molecule has 0 radical (unpaired) electrons. The molecule has 1 aliphatic heterocycles. The molecule has 0 bridgehead atoms. The first-order chi connectivity index (χ1) is 6.19. The Hall–Kier alpha value is -0.130. The van der Waals surface area contributed by atoms with Gasteiger partial charge in [-0.3, -0.25) is 10.1 Å². The zero-order valence-electron chi connectivity index (χ0n) is 7.75. The van der Waals surface area contributed by atoms with Crippen LogP contribution in [0, 0.1) is 0 Å². The lowest BCUT2D eigenvalue weighted by molar-refractivity contribution is -0.145. The molecule has 0 spiro atoms. The van der Waals surface area contributed by atoms with Crippen LogP contribution in [0.1, 0.15) is 12.8 Å². The van der Waals surface area contributed by atoms with Crippen molar-refractivity contribution in [2.45, 2.75) is 29.9 Å². The monoisotopic (exact) mass is 251 g/mol. The van der Waals surface area contributed by atoms with Crippen molar-refractivity contribution in [2.75, 3.05) is 14.2 Å². The van der Waals surface area contributed by atoms with Crippen molar-refractivity contribution in [1.29, 1.82) is 0 Å². The van der Waals surface area contributed by atoms with Gasteiger partial charge in [0, 0.05) is 7.11 Å². The number of piperidine rings is 1. The molecule has 1 N–H and O–H groups in total. The van der Waals surface area contributed by atoms with Gasteiger partial charge in [0.15, 0.2) is 0 Å². The van der Waals surface area contributed by atoms with Gasteiger partial charge >= 0.3 is 5.97 Å². The molecule has 76 valence electrons. The second-order valence-electron chi connectivity index (χ2n) is 2.99. The van der Waals surface area contributed by atoms with Crippen LogP contribution in [0.5, 0.6) is 0 Å². The zero-order valence-corrected chi connectivity index (χ0v) is 9.33. The van der Waals surface area contributed by atoms with Gasteiger partial charge in [0.1, 0.15) is 12.3 Å². The van der Waals surface area contributed by atoms with E-state index in [2.05, 4.69) is 26.0 Å². The summed E-state index contributed by atoms with van der Waals surface area (Å²) < 4.78 is 9.81. The molecule has 1 heterocycles. The van der Waals surface area contributed by atoms with Crippen LogP contribution in [0.4, 0.5) is 0 Å². The molecule has 1 saturated heterocycles. The minimum atomic E-state index is -0.233. The molecule has 13 heavy (non-hydrogen) atoms. The Balaban J connectivity index is 2.49. The summed E-state index contributed by atoms with van der Waals surface area (Å²) in [5, 5.41) is 3.06. The molecule has 5 heteroatoms. The minimum absolute atomic E-state index is 0.113. The second kappa shape index (κ2) is 4.93. The Labute approximate surface area is 86.1 Å². The summed E-state index contributed by atoms with van der Waals surface area (Å²) in [6.45, 7) is 0. The maximum atomic E-state index is 11.2. The molecule has 1 aliphatic rings. The number of methoxy groups -OCH3 is 2. The normalized spacial score (nSPS) is 34.2. The molecule has 1 rings (SSSR count). The van der Waals surface area contributed by atoms with Crippen molar-refractivity contribution in [2.24, 2.45) is 0 Å². The molecule has 0 aliphatic carbocycles. The maximum Gasteiger partial charge on any atom is 0.322 e. The highest BCUT2D eigenvalue weighted by Gasteiger charge is 2.32. The van der Waals surface area contributed by atoms with E-state index in [0.717, 1.165) is 12.8 Å². The van der Waals surface area contributed by atoms with Crippen LogP contribution in [-0.4, -0.2) is 37.3 Å². The van der Waals surface area contributed by atoms with Crippen LogP contribution < -0.4 is 5.32 Å². The molecule has 0 aromatic carbocycles. The third-order valence-corrected chi connectivity index (χ3v) is 3.10. The molecule has 0 aromatic rings. The Morgan fingerprint density at radius 3 is 2.69 bits per heavy atom. The Morgan fingerprint density at radius 2 is 2.15 bits per heavy atom. The number of alkyl halides is 1. The van der Waals surface area contributed by atoms with Gasteiger partial charge in [-0.05, 0) is 12.8 Å². The molecule has 0 amide bonds. The average molecular weight is 252 g/mol. The summed E-state index contributed by atoms with van der Waals surface area (Å²) in [5.41, 5.74) is 0. The largest absolute Gasteiger partial charge is 0.468 e. The number of carbonyl (C=O) groups excluding carboxylic acids is 1. The predicted octanol–water partition coefficient (Wildman–Crippen LogP) is 0.647. The Morgan fingerprint density at radius 1 is 1.46 bits per heavy atom. The first-order valence-corrected chi connectivity index (χ1v) is 5.11. The van der Waals surface area contributed by atoms with Gasteiger partial charge in [-0.15, -0.1) is 0 Å². The molecule has 3 atom stereocenters. The van der Waals surface area contributed by atoms with E-state index in [1.807, 2.05) is 0 Å². The molecule has 0 saturated carbocycles. The van der Waals surface area contributed by atoms with Crippen LogP contribution >= 0.6 is 15.9 Å². The van der Waals surface area contributed by atoms with E-state index >= 15 is 0 Å². The summed E-state index contributed by atoms with van der Waals surface area (Å²) >= 11 is 3.47. The maximum absolute atomic E-state index is 11.2. The molecular weight excluding hydrogens is 238 g/mol. The summed E-state index contributed by atoms with van der Waals surface area (Å²) in [5.74, 6) is -0.221. The van der Waals surface area contributed by atoms with Gasteiger partial charge in [-0.25, -0.2) is 0 Å². The fourth-order valence-corrected chi connectivity index (χ4v) is 2.04. The lowest BCUT2D eigenvalue weighted by atomic mass is 10.0. The van der Waals surface area contributed by atoms with Crippen molar-refractivity contribution < 1.29 is 14.3 Å². The van der Waals surface area contributed by atoms with Crippen LogP contribution in [0.25, 0.3) is 0 Å². The van der Waals surface area contributed by atoms with Crippen molar-refractivity contribution in [1.82, 2.24) is 5.32 Å². The van der Waals surface area contributed by atoms with Gasteiger partial charge in [-0.1, -0.05) is 15.9 Å². The number of hydrogen-bond donors (Lipinski definition) is 1. The summed E-state index contributed by atoms with van der Waals surface area (Å²) in [4.78, 5) is 11.4. The van der Waals surface area contributed by atoms with Gasteiger partial charge in [0.05, 0.1) is 11.9 Å². The molecular formula is C8H14BrNO3. The standard InChI is InChI=1S/C8H14BrNO3/c1-12-7-5(9)3-4-6(10-7)8(11)13-2/h5-7,10H,3-4H2,1-2H3. The van der Waals surface area contributed by atoms with E-state index in [1.54, 1.807) is 7.11 Å². The molecule has 0 aromatic heterocycles. The predicted molar refractivity (Wildman–Crippen MR) is 51.7 cm³/mol. The number of ether oxygens (including phenoxy) is 2. The van der Waals surface area contributed by atoms with E-state index in [4.69, 9.17) is 4.74 Å². The fraction of sp³-hybridized carbons (Fsp3) is 0.875. The third-order valence-electron chi connectivity index (χ3n) is 2.16. The average Bonchev–Trinajstić information content (AvgIpc) is 2.17. The highest BCUT2D eigenvalue weighted by Crippen LogP contribution is 2.21. The molecule has 1 fully saturated rings. The highest BCUT2D eigenvalue weighted by atomic mass is 79.9. The van der Waals surface area contributed by atoms with Crippen LogP contribution in [0.3, 0.4) is 0 Å². The van der Waals surface area contributed by atoms with E-state index in [9.17, 15) is 4.79 Å². The van der Waals surface area contributed by atoms with E-state index in [-0.39, 0.29) is 23.1 Å². The quantitative estimate of drug-likeness (QED) is 0.579. The van der Waals surface area contributed by atoms with E-state index in [1.165, 1.54) is 7.11 Å². The highest BCUT2D eigenvalue weighted by molar-refractivity contribution is 9.09. The van der Waals surface area contributed by atoms with Gasteiger partial charge in [0.2, 0.25) is 0 Å². The molecule has 4 nitrogen and oxygen atoms in total. The van der Waals surface area contributed by atoms with Crippen molar-refractivity contribution >= 4 is 21.9 Å². The van der Waals surface area contributed by atoms with Crippen LogP contribution in [0.15, 0.2) is 0 Å². The first kappa shape index (κ1) is 10.9. The van der Waals surface area contributed by atoms with E-state index in [0.29, 0.717) is 0 Å². The first-order valence-electron chi connectivity index (χ1n) is 4.19. The number of carbonyl (C=O) groups is 1. The van der Waals surface area contributed by atoms with Crippen molar-refractivity contribution in [3.63, 3.8) is 0 Å². The topological polar surface area (TPSA) is 47.6 Å². The summed E-state index contributed by atoms with van der Waals surface area (Å²) in [6.07, 6.45) is 1.58. The minimum Gasteiger partial charge on any atom is -0.468 e. The smallest absolute Gasteiger partial charge is 0.322 e. The lowest BCUT2D eigenvalue weighted by Crippen LogP contribution is -2.52. The second-order valence-corrected chi connectivity index (χ2v) is 4.17. The van der Waals surface area contributed by atoms with Gasteiger partial charge in [0.25, 0.3) is 0 Å². The van der Waals surface area contributed by atoms with Crippen molar-refractivity contribution in [3.8, 4) is 0 Å². The number of esters is 1. The summed E-state index contributed by atoms with van der Waals surface area (Å²) in [6, 6.07) is -0.233. The Bertz CT molecular complexity index is 188. The summed E-state index contributed by atoms with van der Waals surface area (Å²) in [7, 11) is 3.01. The Kier molecular flexibility index (Phi) is 4.15. The zero-order chi connectivity index (χ0) is 9.84. The number of halogens is 1. The number of nitrogens with one attached hydrogen (secondary N) is 1. The number of hydrogen-bond acceptors (Lipinski definition) is 4. The fourth-order valence-electron chi connectivity index (χ4n) is 1.41. The lowest BCUT2D eigenvalue weighted by Gasteiger charge is -2.32. The number of rotatable bonds is 2. The van der Waals surface area contributed by atoms with Gasteiger partial charge in [-0.2, -0.15) is 0 Å². The van der Waals surface area contributed by atoms with Gasteiger partial charge < -0.3 is 9.47 Å².